The molecule has 4 N–H and O–H groups in total. The van der Waals surface area contributed by atoms with Crippen LogP contribution in [0.15, 0.2) is 29.3 Å². The molecule has 0 heterocycles. The molecule has 0 radical (unpaired) electrons. The maximum Gasteiger partial charge on any atom is 0.227 e. The summed E-state index contributed by atoms with van der Waals surface area (Å²) in [5.74, 6) is 1.29. The second-order valence-corrected chi connectivity index (χ2v) is 7.00. The molecule has 1 aliphatic rings. The number of nitrogens with two attached hydrogens (primary N) is 1. The Labute approximate surface area is 168 Å². The Morgan fingerprint density at radius 2 is 2.00 bits per heavy atom. The first-order valence-electron chi connectivity index (χ1n) is 8.98. The van der Waals surface area contributed by atoms with Gasteiger partial charge in [0.15, 0.2) is 5.96 Å². The number of benzene rings is 1. The summed E-state index contributed by atoms with van der Waals surface area (Å²) in [6, 6.07) is 7.84. The molecule has 25 heavy (non-hydrogen) atoms. The van der Waals surface area contributed by atoms with Crippen LogP contribution >= 0.6 is 24.0 Å². The van der Waals surface area contributed by atoms with E-state index in [1.165, 1.54) is 6.42 Å². The number of anilines is 1. The monoisotopic (exact) mass is 458 g/mol. The molecule has 5 nitrogen and oxygen atoms in total. The molecule has 2 rings (SSSR count). The minimum absolute atomic E-state index is 0. The second-order valence-electron chi connectivity index (χ2n) is 7.00. The number of aliphatic imine (C=N–C) groups is 1. The third-order valence-corrected chi connectivity index (χ3v) is 4.29. The van der Waals surface area contributed by atoms with Gasteiger partial charge in [0.2, 0.25) is 5.91 Å². The maximum absolute atomic E-state index is 12.3. The van der Waals surface area contributed by atoms with E-state index in [1.807, 2.05) is 24.3 Å². The third kappa shape index (κ3) is 8.07. The molecule has 6 heteroatoms. The van der Waals surface area contributed by atoms with Crippen LogP contribution in [0.25, 0.3) is 0 Å². The molecule has 0 atom stereocenters. The fourth-order valence-electron chi connectivity index (χ4n) is 2.90. The van der Waals surface area contributed by atoms with E-state index in [4.69, 9.17) is 5.73 Å². The summed E-state index contributed by atoms with van der Waals surface area (Å²) in [5.41, 5.74) is 7.73. The van der Waals surface area contributed by atoms with Gasteiger partial charge in [0.25, 0.3) is 0 Å². The number of nitrogens with one attached hydrogen (secondary N) is 2. The molecule has 1 amide bonds. The Morgan fingerprint density at radius 1 is 1.28 bits per heavy atom. The van der Waals surface area contributed by atoms with Gasteiger partial charge in [0, 0.05) is 18.2 Å². The lowest BCUT2D eigenvalue weighted by Gasteiger charge is -2.20. The molecule has 140 valence electrons. The summed E-state index contributed by atoms with van der Waals surface area (Å²) in [6.07, 6.45) is 5.59. The van der Waals surface area contributed by atoms with Crippen molar-refractivity contribution in [2.24, 2.45) is 22.6 Å². The molecule has 0 bridgehead atoms. The Bertz CT molecular complexity index is 568. The first-order valence-corrected chi connectivity index (χ1v) is 8.98. The van der Waals surface area contributed by atoms with Crippen molar-refractivity contribution in [3.05, 3.63) is 29.8 Å². The largest absolute Gasteiger partial charge is 0.370 e. The van der Waals surface area contributed by atoms with Crippen LogP contribution in [0.3, 0.4) is 0 Å². The number of halogens is 1. The summed E-state index contributed by atoms with van der Waals surface area (Å²) in [6.45, 7) is 5.56. The summed E-state index contributed by atoms with van der Waals surface area (Å²) in [4.78, 5) is 16.7. The van der Waals surface area contributed by atoms with Gasteiger partial charge >= 0.3 is 0 Å². The predicted octanol–water partition coefficient (Wildman–Crippen LogP) is 3.88. The van der Waals surface area contributed by atoms with Gasteiger partial charge in [-0.05, 0) is 36.5 Å². The van der Waals surface area contributed by atoms with Crippen molar-refractivity contribution >= 4 is 41.5 Å². The minimum atomic E-state index is 0. The molecule has 1 aliphatic carbocycles. The lowest BCUT2D eigenvalue weighted by Crippen LogP contribution is -2.34. The Kier molecular flexibility index (Phi) is 9.85. The van der Waals surface area contributed by atoms with E-state index < -0.39 is 0 Å². The first kappa shape index (κ1) is 21.7. The summed E-state index contributed by atoms with van der Waals surface area (Å²) >= 11 is 0. The Balaban J connectivity index is 0.00000312. The zero-order valence-corrected chi connectivity index (χ0v) is 17.6. The van der Waals surface area contributed by atoms with Crippen molar-refractivity contribution in [2.75, 3.05) is 11.9 Å². The van der Waals surface area contributed by atoms with Crippen molar-refractivity contribution in [1.29, 1.82) is 0 Å². The number of hydrogen-bond acceptors (Lipinski definition) is 2. The van der Waals surface area contributed by atoms with Gasteiger partial charge in [-0.3, -0.25) is 4.79 Å². The average Bonchev–Trinajstić information content (AvgIpc) is 2.59. The highest BCUT2D eigenvalue weighted by Crippen LogP contribution is 2.25. The molecular weight excluding hydrogens is 427 g/mol. The topological polar surface area (TPSA) is 79.5 Å². The van der Waals surface area contributed by atoms with Gasteiger partial charge in [0.05, 0.1) is 6.54 Å². The van der Waals surface area contributed by atoms with Crippen LogP contribution in [-0.4, -0.2) is 18.4 Å². The van der Waals surface area contributed by atoms with E-state index >= 15 is 0 Å². The van der Waals surface area contributed by atoms with Gasteiger partial charge in [-0.25, -0.2) is 4.99 Å². The fourth-order valence-corrected chi connectivity index (χ4v) is 2.90. The van der Waals surface area contributed by atoms with Gasteiger partial charge in [0.1, 0.15) is 0 Å². The van der Waals surface area contributed by atoms with Gasteiger partial charge in [-0.15, -0.1) is 24.0 Å². The highest BCUT2D eigenvalue weighted by molar-refractivity contribution is 14.0. The molecule has 1 fully saturated rings. The SMILES string of the molecule is CC(C)CNC(N)=NCc1cccc(NC(=O)C2CCCCC2)c1.I. The van der Waals surface area contributed by atoms with E-state index in [2.05, 4.69) is 29.5 Å². The van der Waals surface area contributed by atoms with Gasteiger partial charge in [-0.2, -0.15) is 0 Å². The van der Waals surface area contributed by atoms with Crippen molar-refractivity contribution in [3.8, 4) is 0 Å². The highest BCUT2D eigenvalue weighted by atomic mass is 127. The number of hydrogen-bond donors (Lipinski definition) is 3. The van der Waals surface area contributed by atoms with E-state index in [1.54, 1.807) is 0 Å². The van der Waals surface area contributed by atoms with E-state index in [-0.39, 0.29) is 35.8 Å². The van der Waals surface area contributed by atoms with E-state index in [9.17, 15) is 4.79 Å². The van der Waals surface area contributed by atoms with Crippen molar-refractivity contribution in [1.82, 2.24) is 5.32 Å². The lowest BCUT2D eigenvalue weighted by atomic mass is 9.88. The van der Waals surface area contributed by atoms with Crippen LogP contribution in [0, 0.1) is 11.8 Å². The number of nitrogens with zero attached hydrogens (tertiary/aromatic N) is 1. The fraction of sp³-hybridized carbons (Fsp3) is 0.579. The standard InChI is InChI=1S/C19H30N4O.HI/c1-14(2)12-21-19(20)22-13-15-7-6-10-17(11-15)23-18(24)16-8-4-3-5-9-16;/h6-7,10-11,14,16H,3-5,8-9,12-13H2,1-2H3,(H,23,24)(H3,20,21,22);1H. The van der Waals surface area contributed by atoms with E-state index in [0.29, 0.717) is 18.4 Å². The smallest absolute Gasteiger partial charge is 0.227 e. The van der Waals surface area contributed by atoms with Crippen molar-refractivity contribution in [3.63, 3.8) is 0 Å². The minimum Gasteiger partial charge on any atom is -0.370 e. The second kappa shape index (κ2) is 11.3. The predicted molar refractivity (Wildman–Crippen MR) is 115 cm³/mol. The number of rotatable bonds is 6. The number of carbonyl (C=O) groups is 1. The number of guanidine groups is 1. The van der Waals surface area contributed by atoms with Crippen LogP contribution < -0.4 is 16.4 Å². The average molecular weight is 458 g/mol. The number of carbonyl (C=O) groups excluding carboxylic acids is 1. The zero-order valence-electron chi connectivity index (χ0n) is 15.3. The van der Waals surface area contributed by atoms with Crippen molar-refractivity contribution < 1.29 is 4.79 Å². The summed E-state index contributed by atoms with van der Waals surface area (Å²) in [7, 11) is 0. The molecule has 0 spiro atoms. The third-order valence-electron chi connectivity index (χ3n) is 4.29. The maximum atomic E-state index is 12.3. The molecule has 0 aromatic heterocycles. The van der Waals surface area contributed by atoms with Crippen LogP contribution in [-0.2, 0) is 11.3 Å². The van der Waals surface area contributed by atoms with Crippen LogP contribution in [0.5, 0.6) is 0 Å². The zero-order chi connectivity index (χ0) is 17.4. The van der Waals surface area contributed by atoms with Crippen LogP contribution in [0.1, 0.15) is 51.5 Å². The molecule has 1 saturated carbocycles. The quantitative estimate of drug-likeness (QED) is 0.344. The molecule has 0 saturated heterocycles. The normalized spacial score (nSPS) is 15.6. The Morgan fingerprint density at radius 3 is 2.68 bits per heavy atom. The van der Waals surface area contributed by atoms with Crippen LogP contribution in [0.2, 0.25) is 0 Å². The van der Waals surface area contributed by atoms with Gasteiger partial charge < -0.3 is 16.4 Å². The summed E-state index contributed by atoms with van der Waals surface area (Å²) in [5, 5.41) is 6.15. The van der Waals surface area contributed by atoms with Gasteiger partial charge in [-0.1, -0.05) is 45.2 Å². The van der Waals surface area contributed by atoms with Crippen molar-refractivity contribution in [2.45, 2.75) is 52.5 Å². The summed E-state index contributed by atoms with van der Waals surface area (Å²) < 4.78 is 0. The highest BCUT2D eigenvalue weighted by Gasteiger charge is 2.20. The van der Waals surface area contributed by atoms with Crippen LogP contribution in [0.4, 0.5) is 5.69 Å². The Hall–Kier alpha value is -1.31. The number of amides is 1. The molecular formula is C19H31IN4O. The molecule has 0 aliphatic heterocycles. The molecule has 0 unspecified atom stereocenters. The van der Waals surface area contributed by atoms with E-state index in [0.717, 1.165) is 43.5 Å². The lowest BCUT2D eigenvalue weighted by molar-refractivity contribution is -0.120. The molecule has 1 aromatic carbocycles. The molecule has 1 aromatic rings. The first-order chi connectivity index (χ1) is 11.5.